The average molecular weight is 545 g/mol. The maximum absolute atomic E-state index is 12.0. The van der Waals surface area contributed by atoms with E-state index in [9.17, 15) is 13.0 Å². The fourth-order valence-electron chi connectivity index (χ4n) is 4.27. The Morgan fingerprint density at radius 2 is 1.49 bits per heavy atom. The molecule has 1 heterocycles. The van der Waals surface area contributed by atoms with Crippen LogP contribution >= 0.6 is 0 Å². The Bertz CT molecular complexity index is 1530. The maximum Gasteiger partial charge on any atom is 0.364 e. The predicted molar refractivity (Wildman–Crippen MR) is 123 cm³/mol. The number of benzene rings is 3. The van der Waals surface area contributed by atoms with E-state index in [1.807, 2.05) is 54.6 Å². The molecule has 0 atom stereocenters. The molecule has 5 rings (SSSR count). The number of rotatable bonds is 4. The molecule has 1 aliphatic rings. The molecule has 0 amide bonds. The molecule has 3 aromatic carbocycles. The van der Waals surface area contributed by atoms with Crippen molar-refractivity contribution in [3.8, 4) is 39.5 Å². The van der Waals surface area contributed by atoms with Gasteiger partial charge in [-0.25, -0.2) is 23.1 Å². The van der Waals surface area contributed by atoms with Gasteiger partial charge in [-0.05, 0) is 54.3 Å². The van der Waals surface area contributed by atoms with E-state index in [1.165, 1.54) is 18.7 Å². The topological polar surface area (TPSA) is 167 Å². The van der Waals surface area contributed by atoms with Gasteiger partial charge < -0.3 is 4.74 Å². The lowest BCUT2D eigenvalue weighted by Gasteiger charge is -2.17. The number of fused-ring (bicyclic) bond motifs is 3. The van der Waals surface area contributed by atoms with Crippen LogP contribution in [0.25, 0.3) is 33.8 Å². The summed E-state index contributed by atoms with van der Waals surface area (Å²) < 4.78 is 79.3. The van der Waals surface area contributed by atoms with Crippen LogP contribution in [-0.2, 0) is 23.0 Å². The lowest BCUT2D eigenvalue weighted by molar-refractivity contribution is -2.00. The number of hydrogen-bond donors (Lipinski definition) is 1. The Hall–Kier alpha value is -3.35. The lowest BCUT2D eigenvalue weighted by atomic mass is 9.85. The number of hydrogen-bond acceptors (Lipinski definition) is 7. The highest BCUT2D eigenvalue weighted by molar-refractivity contribution is 7.86. The minimum Gasteiger partial charge on any atom is -0.495 e. The van der Waals surface area contributed by atoms with Crippen molar-refractivity contribution >= 4 is 10.1 Å². The van der Waals surface area contributed by atoms with Crippen molar-refractivity contribution in [1.29, 1.82) is 0 Å². The summed E-state index contributed by atoms with van der Waals surface area (Å²) in [5, 5.41) is 0. The molecule has 1 aromatic heterocycles. The Labute approximate surface area is 215 Å². The van der Waals surface area contributed by atoms with E-state index in [4.69, 9.17) is 27.8 Å². The van der Waals surface area contributed by atoms with Crippen molar-refractivity contribution in [2.24, 2.45) is 0 Å². The Balaban J connectivity index is 0.000000586. The van der Waals surface area contributed by atoms with Crippen LogP contribution in [0.2, 0.25) is 0 Å². The summed E-state index contributed by atoms with van der Waals surface area (Å²) in [4.78, 5) is -0.260. The average Bonchev–Trinajstić information content (AvgIpc) is 2.86. The molecule has 0 unspecified atom stereocenters. The number of ether oxygens (including phenoxy) is 1. The van der Waals surface area contributed by atoms with Crippen LogP contribution in [0.5, 0.6) is 5.75 Å². The van der Waals surface area contributed by atoms with Crippen LogP contribution in [0.15, 0.2) is 88.2 Å². The van der Waals surface area contributed by atoms with E-state index in [2.05, 4.69) is 6.07 Å². The standard InChI is InChI=1S/C26H20O5S.ClHO4/c1-30-23-14-12-19(15-25(23)32(27,28)29)22-16-24(18-8-3-2-4-9-18)31-26-20-10-6-5-7-17(20)11-13-21(22)26;2-1(3,4)5/h2-10,12,14-16H,11,13H2,1H3;(H,2,3,4,5). The Morgan fingerprint density at radius 3 is 2.14 bits per heavy atom. The molecule has 4 aromatic rings. The van der Waals surface area contributed by atoms with Gasteiger partial charge in [-0.1, -0.05) is 42.5 Å². The molecular formula is C26H21ClO9S. The SMILES string of the molecule is COc1ccc(-c2cc(-c3ccccc3)[o+]c3c2CCc2ccccc2-3)cc1S(=O)(=O)O.[O-][Cl+3]([O-])([O-])[O-]. The Morgan fingerprint density at radius 1 is 0.838 bits per heavy atom. The summed E-state index contributed by atoms with van der Waals surface area (Å²) in [6.45, 7) is 0. The fraction of sp³-hybridized carbons (Fsp3) is 0.115. The van der Waals surface area contributed by atoms with Gasteiger partial charge in [0.1, 0.15) is 10.6 Å². The van der Waals surface area contributed by atoms with Crippen LogP contribution in [0.1, 0.15) is 11.1 Å². The van der Waals surface area contributed by atoms with E-state index >= 15 is 0 Å². The molecule has 9 nitrogen and oxygen atoms in total. The number of halogens is 1. The van der Waals surface area contributed by atoms with Crippen LogP contribution in [0.3, 0.4) is 0 Å². The van der Waals surface area contributed by atoms with Gasteiger partial charge in [0.25, 0.3) is 10.1 Å². The molecule has 0 saturated carbocycles. The zero-order valence-electron chi connectivity index (χ0n) is 19.4. The van der Waals surface area contributed by atoms with Crippen LogP contribution in [0.4, 0.5) is 0 Å². The van der Waals surface area contributed by atoms with Crippen molar-refractivity contribution in [3.05, 3.63) is 90.0 Å². The number of methoxy groups -OCH3 is 1. The second-order valence-electron chi connectivity index (χ2n) is 8.07. The van der Waals surface area contributed by atoms with Gasteiger partial charge in [0.05, 0.1) is 29.9 Å². The van der Waals surface area contributed by atoms with E-state index in [-0.39, 0.29) is 10.6 Å². The van der Waals surface area contributed by atoms with Crippen LogP contribution in [0, 0.1) is 10.2 Å². The summed E-state index contributed by atoms with van der Waals surface area (Å²) in [5.74, 6) is 1.56. The third-order valence-corrected chi connectivity index (χ3v) is 6.68. The van der Waals surface area contributed by atoms with Gasteiger partial charge in [0, 0.05) is 5.56 Å². The quantitative estimate of drug-likeness (QED) is 0.293. The van der Waals surface area contributed by atoms with Gasteiger partial charge in [0.2, 0.25) is 0 Å². The molecular weight excluding hydrogens is 524 g/mol. The molecule has 37 heavy (non-hydrogen) atoms. The zero-order valence-corrected chi connectivity index (χ0v) is 21.0. The van der Waals surface area contributed by atoms with Crippen molar-refractivity contribution < 1.29 is 51.0 Å². The summed E-state index contributed by atoms with van der Waals surface area (Å²) in [5.41, 5.74) is 5.72. The second-order valence-corrected chi connectivity index (χ2v) is 10.2. The smallest absolute Gasteiger partial charge is 0.364 e. The molecule has 0 radical (unpaired) electrons. The largest absolute Gasteiger partial charge is 0.495 e. The third-order valence-electron chi connectivity index (χ3n) is 5.80. The predicted octanol–water partition coefficient (Wildman–Crippen LogP) is 1.16. The van der Waals surface area contributed by atoms with E-state index in [0.29, 0.717) is 11.3 Å². The maximum atomic E-state index is 12.0. The lowest BCUT2D eigenvalue weighted by Crippen LogP contribution is -2.68. The van der Waals surface area contributed by atoms with Crippen molar-refractivity contribution in [3.63, 3.8) is 0 Å². The van der Waals surface area contributed by atoms with Gasteiger partial charge >= 0.3 is 11.5 Å². The summed E-state index contributed by atoms with van der Waals surface area (Å²) in [7, 11) is -8.03. The van der Waals surface area contributed by atoms with E-state index in [1.54, 1.807) is 12.1 Å². The molecule has 0 spiro atoms. The first-order valence-electron chi connectivity index (χ1n) is 10.9. The molecule has 0 aliphatic heterocycles. The van der Waals surface area contributed by atoms with Gasteiger partial charge in [-0.2, -0.15) is 8.42 Å². The van der Waals surface area contributed by atoms with Crippen molar-refractivity contribution in [1.82, 2.24) is 0 Å². The summed E-state index contributed by atoms with van der Waals surface area (Å²) in [6, 6.07) is 24.7. The minimum atomic E-state index is -4.94. The van der Waals surface area contributed by atoms with Crippen molar-refractivity contribution in [2.45, 2.75) is 17.7 Å². The fourth-order valence-corrected chi connectivity index (χ4v) is 4.96. The summed E-state index contributed by atoms with van der Waals surface area (Å²) in [6.07, 6.45) is 1.62. The first-order chi connectivity index (χ1) is 17.5. The molecule has 0 bridgehead atoms. The molecule has 0 fully saturated rings. The first kappa shape index (κ1) is 26.7. The van der Waals surface area contributed by atoms with Gasteiger partial charge in [-0.3, -0.25) is 4.55 Å². The van der Waals surface area contributed by atoms with E-state index in [0.717, 1.165) is 40.9 Å². The van der Waals surface area contributed by atoms with Crippen LogP contribution < -0.4 is 23.4 Å². The highest BCUT2D eigenvalue weighted by atomic mass is 35.7. The van der Waals surface area contributed by atoms with E-state index < -0.39 is 20.4 Å². The highest BCUT2D eigenvalue weighted by Gasteiger charge is 2.32. The number of aryl methyl sites for hydroxylation is 1. The Kier molecular flexibility index (Phi) is 7.62. The first-order valence-corrected chi connectivity index (χ1v) is 13.5. The third kappa shape index (κ3) is 6.32. The van der Waals surface area contributed by atoms with Crippen LogP contribution in [-0.4, -0.2) is 20.1 Å². The monoisotopic (exact) mass is 544 g/mol. The second kappa shape index (κ2) is 10.6. The zero-order chi connectivity index (χ0) is 26.8. The minimum absolute atomic E-state index is 0.0966. The summed E-state index contributed by atoms with van der Waals surface area (Å²) >= 11 is 0. The highest BCUT2D eigenvalue weighted by Crippen LogP contribution is 2.43. The van der Waals surface area contributed by atoms with Crippen molar-refractivity contribution in [2.75, 3.05) is 7.11 Å². The molecule has 0 saturated heterocycles. The molecule has 11 heteroatoms. The molecule has 1 N–H and O–H groups in total. The van der Waals surface area contributed by atoms with Gasteiger partial charge in [-0.15, -0.1) is 10.2 Å². The van der Waals surface area contributed by atoms with Gasteiger partial charge in [0.15, 0.2) is 0 Å². The molecule has 1 aliphatic carbocycles. The normalized spacial score (nSPS) is 12.6. The molecule has 192 valence electrons.